The van der Waals surface area contributed by atoms with Crippen LogP contribution in [0.2, 0.25) is 0 Å². The first kappa shape index (κ1) is 5.93. The largest absolute Gasteiger partial charge is 0.312 e. The highest BCUT2D eigenvalue weighted by Crippen LogP contribution is 2.13. The molecule has 0 spiro atoms. The second kappa shape index (κ2) is 2.43. The van der Waals surface area contributed by atoms with Gasteiger partial charge in [0.2, 0.25) is 0 Å². The Morgan fingerprint density at radius 1 is 1.20 bits per heavy atom. The molecule has 1 nitrogen and oxygen atoms in total. The molecule has 1 aromatic carbocycles. The second-order valence-corrected chi connectivity index (χ2v) is 2.53. The zero-order valence-corrected chi connectivity index (χ0v) is 5.80. The summed E-state index contributed by atoms with van der Waals surface area (Å²) in [4.78, 5) is 0. The third-order valence-corrected chi connectivity index (χ3v) is 1.84. The van der Waals surface area contributed by atoms with Gasteiger partial charge >= 0.3 is 0 Å². The fourth-order valence-corrected chi connectivity index (χ4v) is 1.28. The molecule has 2 rings (SSSR count). The molecule has 0 aromatic heterocycles. The minimum Gasteiger partial charge on any atom is -0.312 e. The SMILES string of the molecule is [CH]1CNCc2ccccc21. The Labute approximate surface area is 61.1 Å². The van der Waals surface area contributed by atoms with Crippen LogP contribution in [0.1, 0.15) is 11.1 Å². The van der Waals surface area contributed by atoms with Crippen LogP contribution in [-0.2, 0) is 6.54 Å². The lowest BCUT2D eigenvalue weighted by molar-refractivity contribution is 0.709. The van der Waals surface area contributed by atoms with Gasteiger partial charge in [-0.15, -0.1) is 0 Å². The summed E-state index contributed by atoms with van der Waals surface area (Å²) in [5.41, 5.74) is 2.80. The van der Waals surface area contributed by atoms with Crippen LogP contribution in [0.25, 0.3) is 0 Å². The summed E-state index contributed by atoms with van der Waals surface area (Å²) in [7, 11) is 0. The van der Waals surface area contributed by atoms with E-state index >= 15 is 0 Å². The van der Waals surface area contributed by atoms with Gasteiger partial charge in [-0.2, -0.15) is 0 Å². The molecule has 1 aromatic rings. The fraction of sp³-hybridized carbons (Fsp3) is 0.222. The van der Waals surface area contributed by atoms with Crippen molar-refractivity contribution < 1.29 is 0 Å². The van der Waals surface area contributed by atoms with Gasteiger partial charge in [0.05, 0.1) is 0 Å². The molecule has 1 N–H and O–H groups in total. The van der Waals surface area contributed by atoms with Crippen molar-refractivity contribution in [3.8, 4) is 0 Å². The Kier molecular flexibility index (Phi) is 1.44. The molecule has 0 amide bonds. The van der Waals surface area contributed by atoms with Gasteiger partial charge in [-0.3, -0.25) is 0 Å². The molecule has 1 aliphatic heterocycles. The minimum atomic E-state index is 1.01. The second-order valence-electron chi connectivity index (χ2n) is 2.53. The zero-order chi connectivity index (χ0) is 6.81. The molecular weight excluding hydrogens is 122 g/mol. The smallest absolute Gasteiger partial charge is 0.0208 e. The van der Waals surface area contributed by atoms with Gasteiger partial charge in [-0.25, -0.2) is 0 Å². The summed E-state index contributed by atoms with van der Waals surface area (Å²) in [5, 5.41) is 3.29. The van der Waals surface area contributed by atoms with Crippen LogP contribution >= 0.6 is 0 Å². The highest BCUT2D eigenvalue weighted by molar-refractivity contribution is 5.34. The molecule has 0 saturated carbocycles. The van der Waals surface area contributed by atoms with E-state index in [2.05, 4.69) is 36.0 Å². The third kappa shape index (κ3) is 0.929. The summed E-state index contributed by atoms with van der Waals surface area (Å²) in [6, 6.07) is 8.49. The van der Waals surface area contributed by atoms with Crippen LogP contribution in [0.5, 0.6) is 0 Å². The summed E-state index contributed by atoms with van der Waals surface area (Å²) in [6.45, 7) is 2.03. The van der Waals surface area contributed by atoms with Crippen molar-refractivity contribution in [2.45, 2.75) is 6.54 Å². The molecule has 0 unspecified atom stereocenters. The molecule has 0 saturated heterocycles. The topological polar surface area (TPSA) is 12.0 Å². The van der Waals surface area contributed by atoms with Crippen LogP contribution in [0.15, 0.2) is 24.3 Å². The highest BCUT2D eigenvalue weighted by Gasteiger charge is 2.05. The fourth-order valence-electron chi connectivity index (χ4n) is 1.28. The molecule has 51 valence electrons. The Morgan fingerprint density at radius 2 is 2.10 bits per heavy atom. The quantitative estimate of drug-likeness (QED) is 0.561. The molecule has 1 aliphatic rings. The summed E-state index contributed by atoms with van der Waals surface area (Å²) < 4.78 is 0. The number of hydrogen-bond donors (Lipinski definition) is 1. The Morgan fingerprint density at radius 3 is 3.00 bits per heavy atom. The van der Waals surface area contributed by atoms with E-state index in [0.29, 0.717) is 0 Å². The molecule has 1 heterocycles. The molecule has 10 heavy (non-hydrogen) atoms. The molecular formula is C9H10N. The van der Waals surface area contributed by atoms with Crippen LogP contribution in [-0.4, -0.2) is 6.54 Å². The average Bonchev–Trinajstić information content (AvgIpc) is 2.05. The monoisotopic (exact) mass is 132 g/mol. The van der Waals surface area contributed by atoms with E-state index in [1.165, 1.54) is 11.1 Å². The van der Waals surface area contributed by atoms with Crippen molar-refractivity contribution >= 4 is 0 Å². The molecule has 0 atom stereocenters. The standard InChI is InChI=1S/C9H10N/c1-2-4-9-7-10-6-5-8(9)3-1/h1-5,10H,6-7H2. The lowest BCUT2D eigenvalue weighted by atomic mass is 10.0. The predicted molar refractivity (Wildman–Crippen MR) is 41.6 cm³/mol. The lowest BCUT2D eigenvalue weighted by Gasteiger charge is -2.15. The van der Waals surface area contributed by atoms with Gasteiger partial charge in [-0.05, 0) is 11.1 Å². The van der Waals surface area contributed by atoms with Crippen molar-refractivity contribution in [2.24, 2.45) is 0 Å². The van der Waals surface area contributed by atoms with Gasteiger partial charge in [-0.1, -0.05) is 24.3 Å². The maximum atomic E-state index is 3.29. The van der Waals surface area contributed by atoms with Crippen molar-refractivity contribution in [3.05, 3.63) is 41.8 Å². The van der Waals surface area contributed by atoms with Crippen LogP contribution < -0.4 is 5.32 Å². The summed E-state index contributed by atoms with van der Waals surface area (Å²) >= 11 is 0. The van der Waals surface area contributed by atoms with E-state index in [9.17, 15) is 0 Å². The molecule has 0 fully saturated rings. The van der Waals surface area contributed by atoms with Gasteiger partial charge in [0.1, 0.15) is 0 Å². The van der Waals surface area contributed by atoms with Crippen molar-refractivity contribution in [2.75, 3.05) is 6.54 Å². The van der Waals surface area contributed by atoms with Gasteiger partial charge in [0.15, 0.2) is 0 Å². The normalized spacial score (nSPS) is 16.4. The Bertz CT molecular complexity index is 205. The van der Waals surface area contributed by atoms with E-state index < -0.39 is 0 Å². The Hall–Kier alpha value is -0.820. The lowest BCUT2D eigenvalue weighted by Crippen LogP contribution is -2.21. The number of fused-ring (bicyclic) bond motifs is 1. The van der Waals surface area contributed by atoms with E-state index in [1.54, 1.807) is 0 Å². The van der Waals surface area contributed by atoms with E-state index in [-0.39, 0.29) is 0 Å². The molecule has 1 heteroatoms. The molecule has 0 aliphatic carbocycles. The van der Waals surface area contributed by atoms with Crippen molar-refractivity contribution in [1.29, 1.82) is 0 Å². The van der Waals surface area contributed by atoms with Gasteiger partial charge < -0.3 is 5.32 Å². The van der Waals surface area contributed by atoms with Crippen LogP contribution in [0, 0.1) is 6.42 Å². The van der Waals surface area contributed by atoms with E-state index in [4.69, 9.17) is 0 Å². The van der Waals surface area contributed by atoms with E-state index in [1.807, 2.05) is 0 Å². The number of rotatable bonds is 0. The molecule has 1 radical (unpaired) electrons. The van der Waals surface area contributed by atoms with Crippen molar-refractivity contribution in [3.63, 3.8) is 0 Å². The maximum absolute atomic E-state index is 3.29. The van der Waals surface area contributed by atoms with Crippen LogP contribution in [0.4, 0.5) is 0 Å². The molecule has 0 bridgehead atoms. The average molecular weight is 132 g/mol. The van der Waals surface area contributed by atoms with Gasteiger partial charge in [0, 0.05) is 19.5 Å². The number of nitrogens with one attached hydrogen (secondary N) is 1. The highest BCUT2D eigenvalue weighted by atomic mass is 14.9. The first-order chi connectivity index (χ1) is 4.97. The summed E-state index contributed by atoms with van der Waals surface area (Å²) in [5.74, 6) is 0. The van der Waals surface area contributed by atoms with Crippen molar-refractivity contribution in [1.82, 2.24) is 5.32 Å². The number of hydrogen-bond acceptors (Lipinski definition) is 1. The first-order valence-electron chi connectivity index (χ1n) is 3.58. The number of benzene rings is 1. The minimum absolute atomic E-state index is 1.01. The third-order valence-electron chi connectivity index (χ3n) is 1.84. The Balaban J connectivity index is 2.41. The zero-order valence-electron chi connectivity index (χ0n) is 5.80. The first-order valence-corrected chi connectivity index (χ1v) is 3.58. The predicted octanol–water partition coefficient (Wildman–Crippen LogP) is 1.34. The van der Waals surface area contributed by atoms with Gasteiger partial charge in [0.25, 0.3) is 0 Å². The van der Waals surface area contributed by atoms with Crippen LogP contribution in [0.3, 0.4) is 0 Å². The summed E-state index contributed by atoms with van der Waals surface area (Å²) in [6.07, 6.45) is 2.22. The maximum Gasteiger partial charge on any atom is 0.0208 e. The van der Waals surface area contributed by atoms with E-state index in [0.717, 1.165) is 13.1 Å².